The van der Waals surface area contributed by atoms with Crippen LogP contribution in [-0.4, -0.2) is 24.4 Å². The van der Waals surface area contributed by atoms with Gasteiger partial charge in [-0.2, -0.15) is 5.26 Å². The monoisotopic (exact) mass is 287 g/mol. The lowest BCUT2D eigenvalue weighted by Crippen LogP contribution is -2.24. The molecule has 1 N–H and O–H groups in total. The Kier molecular flexibility index (Phi) is 6.23. The lowest BCUT2D eigenvalue weighted by molar-refractivity contribution is -0.128. The summed E-state index contributed by atoms with van der Waals surface area (Å²) in [6.07, 6.45) is 1.46. The van der Waals surface area contributed by atoms with E-state index in [0.29, 0.717) is 13.0 Å². The van der Waals surface area contributed by atoms with Gasteiger partial charge in [-0.15, -0.1) is 0 Å². The van der Waals surface area contributed by atoms with E-state index in [1.807, 2.05) is 18.2 Å². The first-order valence-corrected chi connectivity index (χ1v) is 7.25. The van der Waals surface area contributed by atoms with Crippen LogP contribution in [0.4, 0.5) is 5.69 Å². The molecule has 114 valence electrons. The predicted octanol–water partition coefficient (Wildman–Crippen LogP) is 3.41. The molecule has 0 fully saturated rings. The molecular weight excluding hydrogens is 262 g/mol. The maximum atomic E-state index is 11.3. The maximum absolute atomic E-state index is 11.3. The van der Waals surface area contributed by atoms with Gasteiger partial charge in [0.25, 0.3) is 0 Å². The molecule has 0 aliphatic heterocycles. The summed E-state index contributed by atoms with van der Waals surface area (Å²) in [4.78, 5) is 13.0. The molecular formula is C17H25N3O. The second-order valence-electron chi connectivity index (χ2n) is 6.25. The molecule has 0 aliphatic carbocycles. The van der Waals surface area contributed by atoms with Crippen LogP contribution in [0.15, 0.2) is 24.3 Å². The smallest absolute Gasteiger partial charge is 0.219 e. The Bertz CT molecular complexity index is 517. The first-order chi connectivity index (χ1) is 9.84. The van der Waals surface area contributed by atoms with Crippen LogP contribution in [0.1, 0.15) is 39.2 Å². The zero-order chi connectivity index (χ0) is 15.9. The Morgan fingerprint density at radius 2 is 2.14 bits per heavy atom. The summed E-state index contributed by atoms with van der Waals surface area (Å²) in [5.74, 6) is 0.0611. The third-order valence-corrected chi connectivity index (χ3v) is 3.57. The average Bonchev–Trinajstić information content (AvgIpc) is 2.43. The van der Waals surface area contributed by atoms with Gasteiger partial charge < -0.3 is 10.2 Å². The van der Waals surface area contributed by atoms with Crippen LogP contribution >= 0.6 is 0 Å². The fourth-order valence-electron chi connectivity index (χ4n) is 1.99. The SMILES string of the molecule is CC(=O)N(C)Cc1cccc(NCC(C)(C)CCC#N)c1. The molecule has 1 amide bonds. The standard InChI is InChI=1S/C17H25N3O/c1-14(21)20(4)12-15-7-5-8-16(11-15)19-13-17(2,3)9-6-10-18/h5,7-8,11,19H,6,9,12-13H2,1-4H3. The van der Waals surface area contributed by atoms with E-state index in [1.165, 1.54) is 0 Å². The Labute approximate surface area is 127 Å². The first-order valence-electron chi connectivity index (χ1n) is 7.25. The summed E-state index contributed by atoms with van der Waals surface area (Å²) >= 11 is 0. The van der Waals surface area contributed by atoms with Gasteiger partial charge in [0.15, 0.2) is 0 Å². The van der Waals surface area contributed by atoms with Crippen molar-refractivity contribution in [2.45, 2.75) is 40.2 Å². The summed E-state index contributed by atoms with van der Waals surface area (Å²) in [5, 5.41) is 12.1. The topological polar surface area (TPSA) is 56.1 Å². The van der Waals surface area contributed by atoms with E-state index in [1.54, 1.807) is 18.9 Å². The van der Waals surface area contributed by atoms with E-state index in [-0.39, 0.29) is 11.3 Å². The van der Waals surface area contributed by atoms with Gasteiger partial charge in [0.05, 0.1) is 6.07 Å². The van der Waals surface area contributed by atoms with Crippen LogP contribution in [0.25, 0.3) is 0 Å². The van der Waals surface area contributed by atoms with Crippen molar-refractivity contribution in [2.24, 2.45) is 5.41 Å². The zero-order valence-corrected chi connectivity index (χ0v) is 13.4. The van der Waals surface area contributed by atoms with Crippen molar-refractivity contribution in [1.82, 2.24) is 4.90 Å². The minimum Gasteiger partial charge on any atom is -0.385 e. The van der Waals surface area contributed by atoms with Crippen LogP contribution in [0.2, 0.25) is 0 Å². The maximum Gasteiger partial charge on any atom is 0.219 e. The van der Waals surface area contributed by atoms with Crippen LogP contribution in [0.5, 0.6) is 0 Å². The van der Waals surface area contributed by atoms with E-state index in [2.05, 4.69) is 31.3 Å². The zero-order valence-electron chi connectivity index (χ0n) is 13.4. The van der Waals surface area contributed by atoms with Gasteiger partial charge in [0, 0.05) is 39.2 Å². The highest BCUT2D eigenvalue weighted by molar-refractivity contribution is 5.72. The van der Waals surface area contributed by atoms with E-state index in [0.717, 1.165) is 24.2 Å². The number of nitriles is 1. The third kappa shape index (κ3) is 6.31. The molecule has 0 saturated heterocycles. The highest BCUT2D eigenvalue weighted by Gasteiger charge is 2.17. The number of carbonyl (C=O) groups is 1. The van der Waals surface area contributed by atoms with Crippen molar-refractivity contribution in [2.75, 3.05) is 18.9 Å². The number of rotatable bonds is 7. The van der Waals surface area contributed by atoms with Crippen molar-refractivity contribution in [3.63, 3.8) is 0 Å². The quantitative estimate of drug-likeness (QED) is 0.836. The minimum absolute atomic E-state index is 0.0611. The van der Waals surface area contributed by atoms with Gasteiger partial charge in [-0.05, 0) is 29.5 Å². The molecule has 0 heterocycles. The minimum atomic E-state index is 0.0611. The molecule has 0 radical (unpaired) electrons. The normalized spacial score (nSPS) is 10.8. The molecule has 0 aromatic heterocycles. The molecule has 0 saturated carbocycles. The van der Waals surface area contributed by atoms with Crippen LogP contribution in [-0.2, 0) is 11.3 Å². The number of hydrogen-bond acceptors (Lipinski definition) is 3. The molecule has 1 rings (SSSR count). The molecule has 0 atom stereocenters. The van der Waals surface area contributed by atoms with Crippen LogP contribution in [0, 0.1) is 16.7 Å². The van der Waals surface area contributed by atoms with E-state index in [9.17, 15) is 4.79 Å². The lowest BCUT2D eigenvalue weighted by Gasteiger charge is -2.24. The molecule has 1 aromatic carbocycles. The fourth-order valence-corrected chi connectivity index (χ4v) is 1.99. The number of amides is 1. The fraction of sp³-hybridized carbons (Fsp3) is 0.529. The number of nitrogens with zero attached hydrogens (tertiary/aromatic N) is 2. The molecule has 0 unspecified atom stereocenters. The number of anilines is 1. The van der Waals surface area contributed by atoms with E-state index < -0.39 is 0 Å². The molecule has 4 nitrogen and oxygen atoms in total. The van der Waals surface area contributed by atoms with Gasteiger partial charge >= 0.3 is 0 Å². The van der Waals surface area contributed by atoms with Crippen molar-refractivity contribution >= 4 is 11.6 Å². The lowest BCUT2D eigenvalue weighted by atomic mass is 9.88. The van der Waals surface area contributed by atoms with Crippen molar-refractivity contribution in [1.29, 1.82) is 5.26 Å². The number of nitrogens with one attached hydrogen (secondary N) is 1. The van der Waals surface area contributed by atoms with Crippen molar-refractivity contribution in [3.05, 3.63) is 29.8 Å². The molecule has 0 bridgehead atoms. The highest BCUT2D eigenvalue weighted by atomic mass is 16.2. The highest BCUT2D eigenvalue weighted by Crippen LogP contribution is 2.23. The Morgan fingerprint density at radius 3 is 2.76 bits per heavy atom. The van der Waals surface area contributed by atoms with Gasteiger partial charge in [-0.25, -0.2) is 0 Å². The Balaban J connectivity index is 2.61. The Morgan fingerprint density at radius 1 is 1.43 bits per heavy atom. The van der Waals surface area contributed by atoms with Crippen LogP contribution in [0.3, 0.4) is 0 Å². The first kappa shape index (κ1) is 17.0. The largest absolute Gasteiger partial charge is 0.385 e. The molecule has 4 heteroatoms. The number of benzene rings is 1. The van der Waals surface area contributed by atoms with Gasteiger partial charge in [-0.3, -0.25) is 4.79 Å². The third-order valence-electron chi connectivity index (χ3n) is 3.57. The van der Waals surface area contributed by atoms with Crippen molar-refractivity contribution < 1.29 is 4.79 Å². The summed E-state index contributed by atoms with van der Waals surface area (Å²) in [6.45, 7) is 7.32. The molecule has 21 heavy (non-hydrogen) atoms. The predicted molar refractivity (Wildman–Crippen MR) is 85.7 cm³/mol. The molecule has 0 aliphatic rings. The second-order valence-corrected chi connectivity index (χ2v) is 6.25. The average molecular weight is 287 g/mol. The van der Waals surface area contributed by atoms with Gasteiger partial charge in [-0.1, -0.05) is 26.0 Å². The summed E-state index contributed by atoms with van der Waals surface area (Å²) in [5.41, 5.74) is 2.24. The van der Waals surface area contributed by atoms with E-state index in [4.69, 9.17) is 5.26 Å². The van der Waals surface area contributed by atoms with Gasteiger partial charge in [0.2, 0.25) is 5.91 Å². The molecule has 0 spiro atoms. The summed E-state index contributed by atoms with van der Waals surface area (Å²) in [6, 6.07) is 10.3. The number of hydrogen-bond donors (Lipinski definition) is 1. The summed E-state index contributed by atoms with van der Waals surface area (Å²) < 4.78 is 0. The summed E-state index contributed by atoms with van der Waals surface area (Å²) in [7, 11) is 1.80. The van der Waals surface area contributed by atoms with Gasteiger partial charge in [0.1, 0.15) is 0 Å². The van der Waals surface area contributed by atoms with Crippen molar-refractivity contribution in [3.8, 4) is 6.07 Å². The molecule has 1 aromatic rings. The van der Waals surface area contributed by atoms with Crippen LogP contribution < -0.4 is 5.32 Å². The van der Waals surface area contributed by atoms with E-state index >= 15 is 0 Å². The second kappa shape index (κ2) is 7.68. The number of carbonyl (C=O) groups excluding carboxylic acids is 1. The Hall–Kier alpha value is -2.02.